The van der Waals surface area contributed by atoms with Crippen LogP contribution in [0.3, 0.4) is 0 Å². The third-order valence-corrected chi connectivity index (χ3v) is 2.30. The van der Waals surface area contributed by atoms with Crippen LogP contribution in [-0.2, 0) is 22.3 Å². The van der Waals surface area contributed by atoms with Gasteiger partial charge in [-0.3, -0.25) is 0 Å². The molecule has 1 aromatic rings. The third kappa shape index (κ3) is 2.70. The van der Waals surface area contributed by atoms with Crippen LogP contribution >= 0.6 is 0 Å². The highest BCUT2D eigenvalue weighted by molar-refractivity contribution is 7.65. The van der Waals surface area contributed by atoms with Gasteiger partial charge >= 0.3 is 11.7 Å². The lowest BCUT2D eigenvalue weighted by Crippen LogP contribution is -1.84. The first-order chi connectivity index (χ1) is 5.86. The van der Waals surface area contributed by atoms with Crippen LogP contribution in [-0.4, -0.2) is 0 Å². The minimum Gasteiger partial charge on any atom is -0.0654 e. The largest absolute Gasteiger partial charge is 0.505 e. The van der Waals surface area contributed by atoms with Crippen molar-refractivity contribution in [2.75, 3.05) is 0 Å². The van der Waals surface area contributed by atoms with E-state index in [2.05, 4.69) is 6.92 Å². The van der Waals surface area contributed by atoms with E-state index in [4.69, 9.17) is 0 Å². The average molecular weight is 181 g/mol. The molecule has 0 bridgehead atoms. The van der Waals surface area contributed by atoms with Crippen LogP contribution < -0.4 is 0 Å². The summed E-state index contributed by atoms with van der Waals surface area (Å²) in [5.74, 6) is 0. The number of hydrogen-bond donors (Lipinski definition) is 0. The topological polar surface area (TPSA) is 17.1 Å². The maximum atomic E-state index is 10.4. The molecular formula is C10H13OS+. The molecule has 0 fully saturated rings. The predicted octanol–water partition coefficient (Wildman–Crippen LogP) is 2.82. The summed E-state index contributed by atoms with van der Waals surface area (Å²) in [6, 6.07) is 7.86. The molecule has 1 aromatic carbocycles. The van der Waals surface area contributed by atoms with Gasteiger partial charge in [0.15, 0.2) is 0 Å². The molecule has 12 heavy (non-hydrogen) atoms. The number of hydrogen-bond acceptors (Lipinski definition) is 1. The molecule has 0 aliphatic rings. The van der Waals surface area contributed by atoms with E-state index >= 15 is 0 Å². The van der Waals surface area contributed by atoms with Crippen molar-refractivity contribution in [3.63, 3.8) is 0 Å². The van der Waals surface area contributed by atoms with Crippen molar-refractivity contribution in [1.82, 2.24) is 0 Å². The van der Waals surface area contributed by atoms with Crippen molar-refractivity contribution >= 4 is 11.7 Å². The fourth-order valence-corrected chi connectivity index (χ4v) is 1.34. The normalized spacial score (nSPS) is 9.75. The molecule has 0 saturated heterocycles. The van der Waals surface area contributed by atoms with Crippen molar-refractivity contribution in [2.24, 2.45) is 0 Å². The van der Waals surface area contributed by atoms with Gasteiger partial charge in [-0.05, 0) is 18.4 Å². The highest BCUT2D eigenvalue weighted by Gasteiger charge is 2.03. The molecule has 2 heteroatoms. The second-order valence-corrected chi connectivity index (χ2v) is 3.47. The van der Waals surface area contributed by atoms with E-state index in [0.717, 1.165) is 11.3 Å². The SMILES string of the molecule is CCCCc1ccc([S+]=O)cc1. The molecule has 0 aliphatic heterocycles. The Bertz CT molecular complexity index is 241. The molecule has 0 spiro atoms. The Morgan fingerprint density at radius 2 is 1.92 bits per heavy atom. The number of unbranched alkanes of at least 4 members (excludes halogenated alkanes) is 1. The first-order valence-electron chi connectivity index (χ1n) is 4.25. The summed E-state index contributed by atoms with van der Waals surface area (Å²) in [6.45, 7) is 2.18. The van der Waals surface area contributed by atoms with Crippen LogP contribution in [0.5, 0.6) is 0 Å². The number of aryl methyl sites for hydroxylation is 1. The van der Waals surface area contributed by atoms with Crippen LogP contribution in [0.1, 0.15) is 25.3 Å². The predicted molar refractivity (Wildman–Crippen MR) is 51.4 cm³/mol. The zero-order valence-corrected chi connectivity index (χ0v) is 8.06. The van der Waals surface area contributed by atoms with Crippen molar-refractivity contribution in [1.29, 1.82) is 0 Å². The molecule has 0 radical (unpaired) electrons. The van der Waals surface area contributed by atoms with Gasteiger partial charge in [-0.15, -0.1) is 0 Å². The van der Waals surface area contributed by atoms with Gasteiger partial charge in [0.2, 0.25) is 0 Å². The van der Waals surface area contributed by atoms with Gasteiger partial charge in [0.1, 0.15) is 0 Å². The van der Waals surface area contributed by atoms with Crippen molar-refractivity contribution in [3.05, 3.63) is 29.8 Å². The van der Waals surface area contributed by atoms with Crippen LogP contribution in [0.25, 0.3) is 0 Å². The van der Waals surface area contributed by atoms with Gasteiger partial charge in [0.05, 0.1) is 0 Å². The zero-order valence-electron chi connectivity index (χ0n) is 7.25. The van der Waals surface area contributed by atoms with Gasteiger partial charge in [0.25, 0.3) is 4.90 Å². The molecule has 0 amide bonds. The monoisotopic (exact) mass is 181 g/mol. The maximum absolute atomic E-state index is 10.4. The Kier molecular flexibility index (Phi) is 3.88. The minimum absolute atomic E-state index is 0.551. The Balaban J connectivity index is 2.58. The molecule has 64 valence electrons. The van der Waals surface area contributed by atoms with Gasteiger partial charge in [-0.2, -0.15) is 0 Å². The summed E-state index contributed by atoms with van der Waals surface area (Å²) in [4.78, 5) is 0.801. The Morgan fingerprint density at radius 3 is 2.42 bits per heavy atom. The number of benzene rings is 1. The summed E-state index contributed by atoms with van der Waals surface area (Å²) in [5, 5.41) is 0. The Labute approximate surface area is 77.3 Å². The van der Waals surface area contributed by atoms with Gasteiger partial charge in [-0.25, -0.2) is 0 Å². The Hall–Kier alpha value is -0.760. The lowest BCUT2D eigenvalue weighted by molar-refractivity contribution is 0.605. The maximum Gasteiger partial charge on any atom is 0.505 e. The van der Waals surface area contributed by atoms with E-state index in [-0.39, 0.29) is 0 Å². The molecule has 0 aliphatic carbocycles. The first kappa shape index (κ1) is 9.33. The second kappa shape index (κ2) is 4.99. The molecule has 1 nitrogen and oxygen atoms in total. The second-order valence-electron chi connectivity index (χ2n) is 2.83. The Morgan fingerprint density at radius 1 is 1.25 bits per heavy atom. The highest BCUT2D eigenvalue weighted by atomic mass is 32.1. The van der Waals surface area contributed by atoms with E-state index in [1.807, 2.05) is 24.3 Å². The molecule has 0 atom stereocenters. The van der Waals surface area contributed by atoms with E-state index in [1.165, 1.54) is 18.4 Å². The van der Waals surface area contributed by atoms with E-state index in [1.54, 1.807) is 0 Å². The average Bonchev–Trinajstić information content (AvgIpc) is 2.15. The molecule has 0 unspecified atom stereocenters. The smallest absolute Gasteiger partial charge is 0.0654 e. The summed E-state index contributed by atoms with van der Waals surface area (Å²) in [5.41, 5.74) is 1.33. The fourth-order valence-electron chi connectivity index (χ4n) is 1.09. The van der Waals surface area contributed by atoms with Gasteiger partial charge in [-0.1, -0.05) is 25.5 Å². The molecule has 0 N–H and O–H groups in total. The van der Waals surface area contributed by atoms with Crippen molar-refractivity contribution < 1.29 is 4.21 Å². The summed E-state index contributed by atoms with van der Waals surface area (Å²) >= 11 is 0.551. The molecule has 1 rings (SSSR count). The van der Waals surface area contributed by atoms with E-state index in [9.17, 15) is 4.21 Å². The quantitative estimate of drug-likeness (QED) is 0.653. The lowest BCUT2D eigenvalue weighted by atomic mass is 10.1. The fraction of sp³-hybridized carbons (Fsp3) is 0.400. The zero-order chi connectivity index (χ0) is 8.81. The van der Waals surface area contributed by atoms with E-state index in [0.29, 0.717) is 11.7 Å². The third-order valence-electron chi connectivity index (χ3n) is 1.84. The van der Waals surface area contributed by atoms with Crippen molar-refractivity contribution in [2.45, 2.75) is 31.1 Å². The van der Waals surface area contributed by atoms with Crippen LogP contribution in [0.4, 0.5) is 0 Å². The van der Waals surface area contributed by atoms with E-state index < -0.39 is 0 Å². The molecule has 0 saturated carbocycles. The first-order valence-corrected chi connectivity index (χ1v) is 4.99. The molecular weight excluding hydrogens is 168 g/mol. The molecule has 0 heterocycles. The summed E-state index contributed by atoms with van der Waals surface area (Å²) < 4.78 is 10.4. The van der Waals surface area contributed by atoms with Crippen LogP contribution in [0.2, 0.25) is 0 Å². The van der Waals surface area contributed by atoms with Gasteiger partial charge in [0, 0.05) is 16.3 Å². The standard InChI is InChI=1S/C10H13OS/c1-2-3-4-9-5-7-10(12-11)8-6-9/h5-8H,2-4H2,1H3/q+1. The van der Waals surface area contributed by atoms with Crippen LogP contribution in [0.15, 0.2) is 29.2 Å². The molecule has 0 aromatic heterocycles. The lowest BCUT2D eigenvalue weighted by Gasteiger charge is -1.96. The van der Waals surface area contributed by atoms with Gasteiger partial charge < -0.3 is 0 Å². The van der Waals surface area contributed by atoms with Crippen LogP contribution in [0, 0.1) is 0 Å². The summed E-state index contributed by atoms with van der Waals surface area (Å²) in [6.07, 6.45) is 3.57. The minimum atomic E-state index is 0.551. The van der Waals surface area contributed by atoms with Crippen molar-refractivity contribution in [3.8, 4) is 0 Å². The summed E-state index contributed by atoms with van der Waals surface area (Å²) in [7, 11) is 0. The highest BCUT2D eigenvalue weighted by Crippen LogP contribution is 2.07. The number of rotatable bonds is 4.